The van der Waals surface area contributed by atoms with Crippen LogP contribution in [0.5, 0.6) is 5.75 Å². The molecule has 0 amide bonds. The van der Waals surface area contributed by atoms with E-state index in [1.807, 2.05) is 11.8 Å². The van der Waals surface area contributed by atoms with Gasteiger partial charge in [0.2, 0.25) is 0 Å². The molecule has 2 nitrogen and oxygen atoms in total. The van der Waals surface area contributed by atoms with E-state index in [2.05, 4.69) is 51.2 Å². The first-order chi connectivity index (χ1) is 8.58. The Labute approximate surface area is 116 Å². The van der Waals surface area contributed by atoms with Crippen LogP contribution in [0.4, 0.5) is 0 Å². The maximum atomic E-state index is 5.44. The fourth-order valence-corrected chi connectivity index (χ4v) is 2.60. The molecule has 1 atom stereocenters. The minimum absolute atomic E-state index is 0.392. The molecule has 1 aromatic carbocycles. The first-order valence-corrected chi connectivity index (χ1v) is 7.65. The van der Waals surface area contributed by atoms with Crippen molar-refractivity contribution in [3.8, 4) is 5.75 Å². The molecule has 0 saturated carbocycles. The number of nitrogens with one attached hydrogen (secondary N) is 1. The Morgan fingerprint density at radius 2 is 2.00 bits per heavy atom. The lowest BCUT2D eigenvalue weighted by Gasteiger charge is -2.16. The minimum atomic E-state index is 0.392. The normalized spacial score (nSPS) is 12.8. The highest BCUT2D eigenvalue weighted by molar-refractivity contribution is 7.99. The van der Waals surface area contributed by atoms with E-state index in [4.69, 9.17) is 4.74 Å². The van der Waals surface area contributed by atoms with E-state index >= 15 is 0 Å². The van der Waals surface area contributed by atoms with E-state index in [1.54, 1.807) is 7.11 Å². The third-order valence-electron chi connectivity index (χ3n) is 2.89. The van der Waals surface area contributed by atoms with Gasteiger partial charge in [0.1, 0.15) is 5.75 Å². The maximum absolute atomic E-state index is 5.44. The van der Waals surface area contributed by atoms with E-state index < -0.39 is 0 Å². The highest BCUT2D eigenvalue weighted by Gasteiger charge is 2.09. The Morgan fingerprint density at radius 1 is 1.28 bits per heavy atom. The monoisotopic (exact) mass is 267 g/mol. The second-order valence-electron chi connectivity index (χ2n) is 4.71. The fraction of sp³-hybridized carbons (Fsp3) is 0.600. The molecule has 0 aliphatic rings. The summed E-state index contributed by atoms with van der Waals surface area (Å²) in [6.45, 7) is 9.77. The molecule has 0 aliphatic heterocycles. The standard InChI is InChI=1S/C15H25NOS/c1-6-16-12(4)13-7-8-15(17-5)14(9-13)10-18-11(2)3/h7-9,11-12,16H,6,10H2,1-5H3. The summed E-state index contributed by atoms with van der Waals surface area (Å²) in [4.78, 5) is 0. The van der Waals surface area contributed by atoms with Crippen LogP contribution in [0, 0.1) is 0 Å². The van der Waals surface area contributed by atoms with Crippen LogP contribution in [0.1, 0.15) is 44.9 Å². The first-order valence-electron chi connectivity index (χ1n) is 6.60. The zero-order chi connectivity index (χ0) is 13.5. The Kier molecular flexibility index (Phi) is 6.58. The summed E-state index contributed by atoms with van der Waals surface area (Å²) in [6, 6.07) is 6.89. The highest BCUT2D eigenvalue weighted by atomic mass is 32.2. The topological polar surface area (TPSA) is 21.3 Å². The van der Waals surface area contributed by atoms with E-state index in [9.17, 15) is 0 Å². The van der Waals surface area contributed by atoms with Crippen molar-refractivity contribution in [2.45, 2.75) is 44.7 Å². The van der Waals surface area contributed by atoms with Gasteiger partial charge in [0, 0.05) is 17.4 Å². The summed E-state index contributed by atoms with van der Waals surface area (Å²) in [5.74, 6) is 2.00. The molecule has 0 aliphatic carbocycles. The third kappa shape index (κ3) is 4.54. The first kappa shape index (κ1) is 15.4. The average molecular weight is 267 g/mol. The molecule has 1 N–H and O–H groups in total. The second kappa shape index (κ2) is 7.70. The lowest BCUT2D eigenvalue weighted by atomic mass is 10.0. The fourth-order valence-electron chi connectivity index (χ4n) is 1.86. The summed E-state index contributed by atoms with van der Waals surface area (Å²) < 4.78 is 5.44. The van der Waals surface area contributed by atoms with Crippen molar-refractivity contribution < 1.29 is 4.74 Å². The predicted octanol–water partition coefficient (Wildman–Crippen LogP) is 4.01. The van der Waals surface area contributed by atoms with Crippen LogP contribution in [0.3, 0.4) is 0 Å². The molecule has 102 valence electrons. The molecular weight excluding hydrogens is 242 g/mol. The third-order valence-corrected chi connectivity index (χ3v) is 4.03. The van der Waals surface area contributed by atoms with Crippen LogP contribution >= 0.6 is 11.8 Å². The van der Waals surface area contributed by atoms with Gasteiger partial charge in [-0.15, -0.1) is 0 Å². The Hall–Kier alpha value is -0.670. The second-order valence-corrected chi connectivity index (χ2v) is 6.28. The SMILES string of the molecule is CCNC(C)c1ccc(OC)c(CSC(C)C)c1. The Morgan fingerprint density at radius 3 is 2.56 bits per heavy atom. The molecule has 1 unspecified atom stereocenters. The minimum Gasteiger partial charge on any atom is -0.496 e. The molecule has 18 heavy (non-hydrogen) atoms. The number of rotatable bonds is 7. The van der Waals surface area contributed by atoms with Crippen molar-refractivity contribution in [3.63, 3.8) is 0 Å². The van der Waals surface area contributed by atoms with Gasteiger partial charge in [0.05, 0.1) is 7.11 Å². The van der Waals surface area contributed by atoms with Gasteiger partial charge >= 0.3 is 0 Å². The van der Waals surface area contributed by atoms with Gasteiger partial charge in [-0.05, 0) is 36.4 Å². The molecular formula is C15H25NOS. The van der Waals surface area contributed by atoms with E-state index in [0.717, 1.165) is 18.0 Å². The number of methoxy groups -OCH3 is 1. The van der Waals surface area contributed by atoms with E-state index in [-0.39, 0.29) is 0 Å². The molecule has 0 aromatic heterocycles. The van der Waals surface area contributed by atoms with Crippen molar-refractivity contribution in [1.82, 2.24) is 5.32 Å². The van der Waals surface area contributed by atoms with E-state index in [1.165, 1.54) is 11.1 Å². The van der Waals surface area contributed by atoms with Crippen molar-refractivity contribution in [2.24, 2.45) is 0 Å². The lowest BCUT2D eigenvalue weighted by molar-refractivity contribution is 0.411. The number of ether oxygens (including phenoxy) is 1. The van der Waals surface area contributed by atoms with Gasteiger partial charge in [0.25, 0.3) is 0 Å². The molecule has 3 heteroatoms. The van der Waals surface area contributed by atoms with Crippen molar-refractivity contribution in [3.05, 3.63) is 29.3 Å². The van der Waals surface area contributed by atoms with Crippen LogP contribution < -0.4 is 10.1 Å². The molecule has 1 rings (SSSR count). The Balaban J connectivity index is 2.87. The molecule has 0 spiro atoms. The zero-order valence-corrected chi connectivity index (χ0v) is 12.9. The van der Waals surface area contributed by atoms with Gasteiger partial charge in [-0.25, -0.2) is 0 Å². The van der Waals surface area contributed by atoms with Crippen LogP contribution in [-0.4, -0.2) is 18.9 Å². The summed E-state index contributed by atoms with van der Waals surface area (Å²) in [5, 5.41) is 4.09. The van der Waals surface area contributed by atoms with Crippen LogP contribution in [0.15, 0.2) is 18.2 Å². The zero-order valence-electron chi connectivity index (χ0n) is 12.1. The van der Waals surface area contributed by atoms with Crippen LogP contribution in [0.2, 0.25) is 0 Å². The van der Waals surface area contributed by atoms with Gasteiger partial charge in [-0.2, -0.15) is 11.8 Å². The summed E-state index contributed by atoms with van der Waals surface area (Å²) in [5.41, 5.74) is 2.62. The summed E-state index contributed by atoms with van der Waals surface area (Å²) >= 11 is 1.95. The quantitative estimate of drug-likeness (QED) is 0.806. The van der Waals surface area contributed by atoms with Gasteiger partial charge in [0.15, 0.2) is 0 Å². The molecule has 1 aromatic rings. The molecule has 0 saturated heterocycles. The van der Waals surface area contributed by atoms with Gasteiger partial charge in [-0.1, -0.05) is 26.8 Å². The summed E-state index contributed by atoms with van der Waals surface area (Å²) in [6.07, 6.45) is 0. The number of thioether (sulfide) groups is 1. The highest BCUT2D eigenvalue weighted by Crippen LogP contribution is 2.28. The lowest BCUT2D eigenvalue weighted by Crippen LogP contribution is -2.17. The van der Waals surface area contributed by atoms with Gasteiger partial charge < -0.3 is 10.1 Å². The van der Waals surface area contributed by atoms with Crippen LogP contribution in [0.25, 0.3) is 0 Å². The molecule has 0 heterocycles. The summed E-state index contributed by atoms with van der Waals surface area (Å²) in [7, 11) is 1.74. The molecule has 0 radical (unpaired) electrons. The van der Waals surface area contributed by atoms with Gasteiger partial charge in [-0.3, -0.25) is 0 Å². The Bertz CT molecular complexity index is 366. The molecule has 0 fully saturated rings. The van der Waals surface area contributed by atoms with E-state index in [0.29, 0.717) is 11.3 Å². The number of benzene rings is 1. The maximum Gasteiger partial charge on any atom is 0.122 e. The largest absolute Gasteiger partial charge is 0.496 e. The average Bonchev–Trinajstić information content (AvgIpc) is 2.36. The van der Waals surface area contributed by atoms with Crippen molar-refractivity contribution >= 4 is 11.8 Å². The van der Waals surface area contributed by atoms with Crippen molar-refractivity contribution in [2.75, 3.05) is 13.7 Å². The molecule has 0 bridgehead atoms. The predicted molar refractivity (Wildman–Crippen MR) is 81.5 cm³/mol. The van der Waals surface area contributed by atoms with Crippen LogP contribution in [-0.2, 0) is 5.75 Å². The number of hydrogen-bond donors (Lipinski definition) is 1. The van der Waals surface area contributed by atoms with Crippen molar-refractivity contribution in [1.29, 1.82) is 0 Å². The smallest absolute Gasteiger partial charge is 0.122 e. The number of hydrogen-bond acceptors (Lipinski definition) is 3.